The van der Waals surface area contributed by atoms with Crippen LogP contribution in [0.5, 0.6) is 0 Å². The Balaban J connectivity index is 1.38. The van der Waals surface area contributed by atoms with E-state index in [0.717, 1.165) is 50.0 Å². The number of benzene rings is 1. The fraction of sp³-hybridized carbons (Fsp3) is 0.476. The van der Waals surface area contributed by atoms with Crippen LogP contribution in [-0.4, -0.2) is 60.0 Å². The molecule has 2 atom stereocenters. The lowest BCUT2D eigenvalue weighted by molar-refractivity contribution is -0.135. The van der Waals surface area contributed by atoms with Crippen LogP contribution in [0.1, 0.15) is 24.3 Å². The minimum Gasteiger partial charge on any atom is -0.341 e. The molecule has 0 aliphatic carbocycles. The van der Waals surface area contributed by atoms with Gasteiger partial charge in [-0.1, -0.05) is 23.7 Å². The van der Waals surface area contributed by atoms with Crippen molar-refractivity contribution >= 4 is 23.5 Å². The molecule has 7 heteroatoms. The summed E-state index contributed by atoms with van der Waals surface area (Å²) in [5, 5.41) is 4.13. The van der Waals surface area contributed by atoms with E-state index in [-0.39, 0.29) is 17.9 Å². The Morgan fingerprint density at radius 2 is 1.79 bits per heavy atom. The molecule has 0 radical (unpaired) electrons. The van der Waals surface area contributed by atoms with Crippen molar-refractivity contribution in [2.24, 2.45) is 5.92 Å². The van der Waals surface area contributed by atoms with Crippen molar-refractivity contribution in [3.63, 3.8) is 0 Å². The largest absolute Gasteiger partial charge is 0.341 e. The molecule has 3 heterocycles. The highest BCUT2D eigenvalue weighted by Crippen LogP contribution is 2.31. The van der Waals surface area contributed by atoms with Gasteiger partial charge < -0.3 is 15.1 Å². The summed E-state index contributed by atoms with van der Waals surface area (Å²) in [7, 11) is 1.97. The molecular weight excluding hydrogens is 374 g/mol. The fourth-order valence-electron chi connectivity index (χ4n) is 4.36. The van der Waals surface area contributed by atoms with Gasteiger partial charge in [0.15, 0.2) is 0 Å². The maximum Gasteiger partial charge on any atom is 0.225 e. The number of piperidine rings is 1. The normalized spacial score (nSPS) is 23.2. The lowest BCUT2D eigenvalue weighted by atomic mass is 9.94. The number of nitrogens with one attached hydrogen (secondary N) is 1. The number of aromatic nitrogens is 2. The van der Waals surface area contributed by atoms with Gasteiger partial charge in [0.05, 0.1) is 0 Å². The minimum absolute atomic E-state index is 0.0847. The van der Waals surface area contributed by atoms with Crippen molar-refractivity contribution in [3.8, 4) is 0 Å². The first-order valence-corrected chi connectivity index (χ1v) is 10.3. The third kappa shape index (κ3) is 3.98. The number of hydrogen-bond donors (Lipinski definition) is 1. The zero-order chi connectivity index (χ0) is 19.5. The van der Waals surface area contributed by atoms with E-state index in [4.69, 9.17) is 11.6 Å². The van der Waals surface area contributed by atoms with E-state index in [1.54, 1.807) is 12.4 Å². The van der Waals surface area contributed by atoms with Gasteiger partial charge in [0, 0.05) is 61.5 Å². The first kappa shape index (κ1) is 19.2. The molecule has 4 rings (SSSR count). The van der Waals surface area contributed by atoms with E-state index >= 15 is 0 Å². The van der Waals surface area contributed by atoms with Crippen LogP contribution in [0.4, 0.5) is 5.95 Å². The number of rotatable bonds is 4. The van der Waals surface area contributed by atoms with Gasteiger partial charge in [-0.3, -0.25) is 4.79 Å². The van der Waals surface area contributed by atoms with Crippen LogP contribution in [-0.2, 0) is 4.79 Å². The molecule has 1 aromatic carbocycles. The molecule has 2 saturated heterocycles. The molecule has 2 aliphatic heterocycles. The summed E-state index contributed by atoms with van der Waals surface area (Å²) >= 11 is 6.03. The second-order valence-corrected chi connectivity index (χ2v) is 8.04. The second-order valence-electron chi connectivity index (χ2n) is 7.61. The maximum absolute atomic E-state index is 13.2. The summed E-state index contributed by atoms with van der Waals surface area (Å²) in [6, 6.07) is 10.1. The van der Waals surface area contributed by atoms with E-state index in [1.165, 1.54) is 5.56 Å². The molecule has 1 amide bonds. The van der Waals surface area contributed by atoms with Gasteiger partial charge in [0.2, 0.25) is 11.9 Å². The monoisotopic (exact) mass is 399 g/mol. The van der Waals surface area contributed by atoms with Crippen molar-refractivity contribution in [2.75, 3.05) is 38.1 Å². The Hall–Kier alpha value is -2.18. The molecule has 1 aromatic heterocycles. The van der Waals surface area contributed by atoms with Gasteiger partial charge in [0.1, 0.15) is 0 Å². The lowest BCUT2D eigenvalue weighted by Gasteiger charge is -2.33. The van der Waals surface area contributed by atoms with Gasteiger partial charge in [0.25, 0.3) is 0 Å². The average Bonchev–Trinajstić information content (AvgIpc) is 3.19. The predicted molar refractivity (Wildman–Crippen MR) is 111 cm³/mol. The van der Waals surface area contributed by atoms with Crippen molar-refractivity contribution in [1.29, 1.82) is 0 Å². The van der Waals surface area contributed by atoms with Crippen LogP contribution < -0.4 is 10.2 Å². The highest BCUT2D eigenvalue weighted by molar-refractivity contribution is 6.30. The van der Waals surface area contributed by atoms with Crippen LogP contribution in [0.2, 0.25) is 5.02 Å². The summed E-state index contributed by atoms with van der Waals surface area (Å²) in [6.07, 6.45) is 5.23. The summed E-state index contributed by atoms with van der Waals surface area (Å²) in [6.45, 7) is 3.16. The van der Waals surface area contributed by atoms with E-state index < -0.39 is 0 Å². The van der Waals surface area contributed by atoms with Crippen LogP contribution >= 0.6 is 11.6 Å². The molecular formula is C21H26ClN5O. The topological polar surface area (TPSA) is 61.4 Å². The van der Waals surface area contributed by atoms with E-state index in [2.05, 4.69) is 32.3 Å². The number of halogens is 1. The summed E-state index contributed by atoms with van der Waals surface area (Å²) in [5.41, 5.74) is 1.23. The van der Waals surface area contributed by atoms with Crippen molar-refractivity contribution in [2.45, 2.75) is 24.8 Å². The van der Waals surface area contributed by atoms with Gasteiger partial charge in [-0.2, -0.15) is 0 Å². The Morgan fingerprint density at radius 3 is 2.43 bits per heavy atom. The molecule has 2 aliphatic rings. The number of carbonyl (C=O) groups excluding carboxylic acids is 1. The standard InChI is InChI=1S/C21H26ClN5O/c1-23-19-14-27(13-18(19)15-3-5-17(22)6-4-15)20(28)16-7-11-26(12-8-16)21-24-9-2-10-25-21/h2-6,9-10,16,18-19,23H,7-8,11-14H2,1H3/t18-,19+/m0/s1. The zero-order valence-corrected chi connectivity index (χ0v) is 16.8. The van der Waals surface area contributed by atoms with Crippen molar-refractivity contribution in [3.05, 3.63) is 53.3 Å². The molecule has 6 nitrogen and oxygen atoms in total. The minimum atomic E-state index is 0.0847. The fourth-order valence-corrected chi connectivity index (χ4v) is 4.49. The smallest absolute Gasteiger partial charge is 0.225 e. The van der Waals surface area contributed by atoms with Crippen molar-refractivity contribution in [1.82, 2.24) is 20.2 Å². The summed E-state index contributed by atoms with van der Waals surface area (Å²) in [5.74, 6) is 1.42. The van der Waals surface area contributed by atoms with E-state index in [0.29, 0.717) is 5.92 Å². The number of likely N-dealkylation sites (N-methyl/N-ethyl adjacent to an activating group) is 1. The number of nitrogens with zero attached hydrogens (tertiary/aromatic N) is 4. The Labute approximate surface area is 170 Å². The van der Waals surface area contributed by atoms with Gasteiger partial charge in [-0.15, -0.1) is 0 Å². The number of hydrogen-bond acceptors (Lipinski definition) is 5. The number of amides is 1. The first-order valence-electron chi connectivity index (χ1n) is 9.89. The van der Waals surface area contributed by atoms with Crippen LogP contribution in [0.15, 0.2) is 42.7 Å². The van der Waals surface area contributed by atoms with E-state index in [9.17, 15) is 4.79 Å². The molecule has 2 aromatic rings. The predicted octanol–water partition coefficient (Wildman–Crippen LogP) is 2.56. The third-order valence-electron chi connectivity index (χ3n) is 5.98. The molecule has 0 unspecified atom stereocenters. The molecule has 0 saturated carbocycles. The summed E-state index contributed by atoms with van der Waals surface area (Å²) in [4.78, 5) is 26.0. The SMILES string of the molecule is CN[C@@H]1CN(C(=O)C2CCN(c3ncccn3)CC2)C[C@H]1c1ccc(Cl)cc1. The maximum atomic E-state index is 13.2. The highest BCUT2D eigenvalue weighted by atomic mass is 35.5. The quantitative estimate of drug-likeness (QED) is 0.856. The van der Waals surface area contributed by atoms with Crippen LogP contribution in [0, 0.1) is 5.92 Å². The van der Waals surface area contributed by atoms with Gasteiger partial charge in [-0.25, -0.2) is 9.97 Å². The average molecular weight is 400 g/mol. The first-order chi connectivity index (χ1) is 13.7. The lowest BCUT2D eigenvalue weighted by Crippen LogP contribution is -2.43. The van der Waals surface area contributed by atoms with Crippen LogP contribution in [0.25, 0.3) is 0 Å². The number of carbonyl (C=O) groups is 1. The van der Waals surface area contributed by atoms with E-state index in [1.807, 2.05) is 30.1 Å². The second kappa shape index (κ2) is 8.45. The number of anilines is 1. The Morgan fingerprint density at radius 1 is 1.11 bits per heavy atom. The molecule has 28 heavy (non-hydrogen) atoms. The Kier molecular flexibility index (Phi) is 5.78. The van der Waals surface area contributed by atoms with Gasteiger partial charge >= 0.3 is 0 Å². The van der Waals surface area contributed by atoms with Crippen molar-refractivity contribution < 1.29 is 4.79 Å². The molecule has 0 spiro atoms. The molecule has 0 bridgehead atoms. The van der Waals surface area contributed by atoms with Crippen LogP contribution in [0.3, 0.4) is 0 Å². The summed E-state index contributed by atoms with van der Waals surface area (Å²) < 4.78 is 0. The Bertz CT molecular complexity index is 792. The zero-order valence-electron chi connectivity index (χ0n) is 16.1. The van der Waals surface area contributed by atoms with Gasteiger partial charge in [-0.05, 0) is 43.7 Å². The third-order valence-corrected chi connectivity index (χ3v) is 6.23. The molecule has 148 valence electrons. The molecule has 2 fully saturated rings. The molecule has 1 N–H and O–H groups in total. The number of likely N-dealkylation sites (tertiary alicyclic amines) is 1. The highest BCUT2D eigenvalue weighted by Gasteiger charge is 2.38.